The third kappa shape index (κ3) is 2.62. The molecule has 0 unspecified atom stereocenters. The number of nitrogens with zero attached hydrogens (tertiary/aromatic N) is 1. The zero-order valence-electron chi connectivity index (χ0n) is 9.60. The molecule has 0 spiro atoms. The van der Waals surface area contributed by atoms with Crippen LogP contribution in [0.15, 0.2) is 22.7 Å². The van der Waals surface area contributed by atoms with Gasteiger partial charge in [0.15, 0.2) is 6.61 Å². The molecule has 96 valence electrons. The van der Waals surface area contributed by atoms with Crippen LogP contribution in [0.2, 0.25) is 0 Å². The number of halogens is 1. The van der Waals surface area contributed by atoms with Gasteiger partial charge >= 0.3 is 0 Å². The van der Waals surface area contributed by atoms with Crippen LogP contribution in [0.25, 0.3) is 0 Å². The van der Waals surface area contributed by atoms with E-state index in [1.807, 2.05) is 0 Å². The first-order valence-corrected chi connectivity index (χ1v) is 5.95. The molecule has 0 atom stereocenters. The van der Waals surface area contributed by atoms with Crippen molar-refractivity contribution < 1.29 is 19.2 Å². The fourth-order valence-corrected chi connectivity index (χ4v) is 1.98. The molecule has 1 heterocycles. The second-order valence-electron chi connectivity index (χ2n) is 3.61. The van der Waals surface area contributed by atoms with Crippen LogP contribution in [0.1, 0.15) is 0 Å². The van der Waals surface area contributed by atoms with Gasteiger partial charge < -0.3 is 4.74 Å². The van der Waals surface area contributed by atoms with Gasteiger partial charge in [0.2, 0.25) is 0 Å². The summed E-state index contributed by atoms with van der Waals surface area (Å²) in [4.78, 5) is 29.1. The highest BCUT2D eigenvalue weighted by Gasteiger charge is 2.27. The van der Waals surface area contributed by atoms with Crippen LogP contribution in [-0.4, -0.2) is 32.1 Å². The molecule has 0 aliphatic carbocycles. The molecule has 7 heteroatoms. The predicted molar refractivity (Wildman–Crippen MR) is 67.1 cm³/mol. The molecule has 1 aromatic carbocycles. The monoisotopic (exact) mass is 314 g/mol. The van der Waals surface area contributed by atoms with Gasteiger partial charge in [-0.3, -0.25) is 19.3 Å². The molecule has 1 aromatic rings. The molecule has 0 radical (unpaired) electrons. The summed E-state index contributed by atoms with van der Waals surface area (Å²) in [5.41, 5.74) is 2.74. The van der Waals surface area contributed by atoms with Crippen molar-refractivity contribution in [2.24, 2.45) is 0 Å². The van der Waals surface area contributed by atoms with Gasteiger partial charge in [0.1, 0.15) is 12.3 Å². The number of carbonyl (C=O) groups excluding carboxylic acids is 2. The average molecular weight is 315 g/mol. The number of nitrogens with one attached hydrogen (secondary N) is 1. The van der Waals surface area contributed by atoms with E-state index in [1.54, 1.807) is 18.2 Å². The number of ether oxygens (including phenoxy) is 1. The number of hydrogen-bond acceptors (Lipinski definition) is 4. The highest BCUT2D eigenvalue weighted by Crippen LogP contribution is 2.34. The van der Waals surface area contributed by atoms with Crippen molar-refractivity contribution in [2.75, 3.05) is 25.2 Å². The zero-order chi connectivity index (χ0) is 13.1. The van der Waals surface area contributed by atoms with Crippen LogP contribution in [-0.2, 0) is 14.4 Å². The van der Waals surface area contributed by atoms with Crippen molar-refractivity contribution in [1.82, 2.24) is 5.48 Å². The Morgan fingerprint density at radius 2 is 2.39 bits per heavy atom. The summed E-state index contributed by atoms with van der Waals surface area (Å²) in [6.45, 7) is -0.186. The van der Waals surface area contributed by atoms with E-state index in [0.717, 1.165) is 4.47 Å². The van der Waals surface area contributed by atoms with E-state index in [4.69, 9.17) is 4.74 Å². The van der Waals surface area contributed by atoms with Gasteiger partial charge in [-0.05, 0) is 18.2 Å². The lowest BCUT2D eigenvalue weighted by Crippen LogP contribution is -2.44. The van der Waals surface area contributed by atoms with E-state index >= 15 is 0 Å². The van der Waals surface area contributed by atoms with Crippen LogP contribution in [0, 0.1) is 0 Å². The van der Waals surface area contributed by atoms with E-state index in [2.05, 4.69) is 26.2 Å². The molecule has 1 aliphatic rings. The predicted octanol–water partition coefficient (Wildman–Crippen LogP) is 0.852. The quantitative estimate of drug-likeness (QED) is 0.840. The Bertz CT molecular complexity index is 492. The van der Waals surface area contributed by atoms with E-state index in [1.165, 1.54) is 12.0 Å². The average Bonchev–Trinajstić information content (AvgIpc) is 2.33. The summed E-state index contributed by atoms with van der Waals surface area (Å²) in [5.74, 6) is -0.105. The van der Waals surface area contributed by atoms with Gasteiger partial charge in [-0.25, -0.2) is 5.48 Å². The van der Waals surface area contributed by atoms with Crippen LogP contribution in [0.3, 0.4) is 0 Å². The first-order valence-electron chi connectivity index (χ1n) is 5.16. The number of carbonyl (C=O) groups is 2. The smallest absolute Gasteiger partial charge is 0.265 e. The SMILES string of the molecule is CONC(=O)CN1C(=O)COc2cc(Br)ccc21. The molecule has 0 fully saturated rings. The summed E-state index contributed by atoms with van der Waals surface area (Å²) >= 11 is 3.32. The molecule has 1 N–H and O–H groups in total. The fourth-order valence-electron chi connectivity index (χ4n) is 1.64. The Hall–Kier alpha value is -1.60. The molecule has 2 amide bonds. The lowest BCUT2D eigenvalue weighted by Gasteiger charge is -2.28. The number of amides is 2. The standard InChI is InChI=1S/C11H11BrN2O4/c1-17-13-10(15)5-14-8-3-2-7(12)4-9(8)18-6-11(14)16/h2-4H,5-6H2,1H3,(H,13,15). The Morgan fingerprint density at radius 1 is 1.61 bits per heavy atom. The van der Waals surface area contributed by atoms with Crippen LogP contribution in [0.4, 0.5) is 5.69 Å². The van der Waals surface area contributed by atoms with Gasteiger partial charge in [0.05, 0.1) is 12.8 Å². The minimum absolute atomic E-state index is 0.0796. The molecule has 18 heavy (non-hydrogen) atoms. The third-order valence-electron chi connectivity index (χ3n) is 2.38. The van der Waals surface area contributed by atoms with Gasteiger partial charge in [0.25, 0.3) is 11.8 Å². The molecule has 1 aliphatic heterocycles. The topological polar surface area (TPSA) is 67.9 Å². The van der Waals surface area contributed by atoms with Gasteiger partial charge in [-0.15, -0.1) is 0 Å². The first kappa shape index (κ1) is 12.8. The number of hydrogen-bond donors (Lipinski definition) is 1. The third-order valence-corrected chi connectivity index (χ3v) is 2.88. The van der Waals surface area contributed by atoms with Crippen LogP contribution >= 0.6 is 15.9 Å². The fraction of sp³-hybridized carbons (Fsp3) is 0.273. The number of benzene rings is 1. The van der Waals surface area contributed by atoms with Crippen molar-refractivity contribution in [3.63, 3.8) is 0 Å². The molecule has 2 rings (SSSR count). The summed E-state index contributed by atoms with van der Waals surface area (Å²) < 4.78 is 6.15. The molecule has 0 aromatic heterocycles. The van der Waals surface area contributed by atoms with Crippen LogP contribution < -0.4 is 15.1 Å². The molecular formula is C11H11BrN2O4. The zero-order valence-corrected chi connectivity index (χ0v) is 11.2. The van der Waals surface area contributed by atoms with Crippen molar-refractivity contribution in [2.45, 2.75) is 0 Å². The van der Waals surface area contributed by atoms with E-state index in [0.29, 0.717) is 11.4 Å². The maximum Gasteiger partial charge on any atom is 0.265 e. The largest absolute Gasteiger partial charge is 0.482 e. The first-order chi connectivity index (χ1) is 8.61. The van der Waals surface area contributed by atoms with E-state index in [-0.39, 0.29) is 19.1 Å². The van der Waals surface area contributed by atoms with Crippen molar-refractivity contribution in [3.8, 4) is 5.75 Å². The number of fused-ring (bicyclic) bond motifs is 1. The van der Waals surface area contributed by atoms with E-state index < -0.39 is 5.91 Å². The maximum atomic E-state index is 11.8. The Labute approximate surface area is 112 Å². The van der Waals surface area contributed by atoms with Crippen molar-refractivity contribution >= 4 is 33.4 Å². The van der Waals surface area contributed by atoms with Gasteiger partial charge in [-0.2, -0.15) is 0 Å². The van der Waals surface area contributed by atoms with Crippen molar-refractivity contribution in [1.29, 1.82) is 0 Å². The van der Waals surface area contributed by atoms with Crippen LogP contribution in [0.5, 0.6) is 5.75 Å². The Balaban J connectivity index is 2.25. The maximum absolute atomic E-state index is 11.8. The second-order valence-corrected chi connectivity index (χ2v) is 4.53. The molecular weight excluding hydrogens is 304 g/mol. The summed E-state index contributed by atoms with van der Waals surface area (Å²) in [7, 11) is 1.34. The van der Waals surface area contributed by atoms with Crippen molar-refractivity contribution in [3.05, 3.63) is 22.7 Å². The number of hydroxylamine groups is 1. The normalized spacial score (nSPS) is 13.9. The highest BCUT2D eigenvalue weighted by molar-refractivity contribution is 9.10. The minimum atomic E-state index is -0.401. The summed E-state index contributed by atoms with van der Waals surface area (Å²) in [5, 5.41) is 0. The molecule has 0 bridgehead atoms. The molecule has 0 saturated carbocycles. The highest BCUT2D eigenvalue weighted by atomic mass is 79.9. The lowest BCUT2D eigenvalue weighted by molar-refractivity contribution is -0.132. The molecule has 0 saturated heterocycles. The lowest BCUT2D eigenvalue weighted by atomic mass is 10.2. The molecule has 6 nitrogen and oxygen atoms in total. The summed E-state index contributed by atoms with van der Waals surface area (Å²) in [6, 6.07) is 5.25. The summed E-state index contributed by atoms with van der Waals surface area (Å²) in [6.07, 6.45) is 0. The Morgan fingerprint density at radius 3 is 3.11 bits per heavy atom. The number of anilines is 1. The second kappa shape index (κ2) is 5.36. The Kier molecular flexibility index (Phi) is 3.83. The minimum Gasteiger partial charge on any atom is -0.482 e. The number of rotatable bonds is 3. The van der Waals surface area contributed by atoms with Gasteiger partial charge in [-0.1, -0.05) is 15.9 Å². The van der Waals surface area contributed by atoms with Gasteiger partial charge in [0, 0.05) is 4.47 Å². The van der Waals surface area contributed by atoms with E-state index in [9.17, 15) is 9.59 Å².